The van der Waals surface area contributed by atoms with Gasteiger partial charge in [-0.05, 0) is 40.8 Å². The lowest BCUT2D eigenvalue weighted by Gasteiger charge is -2.21. The molecule has 0 aliphatic carbocycles. The van der Waals surface area contributed by atoms with Crippen LogP contribution in [-0.2, 0) is 17.4 Å². The molecule has 0 aromatic heterocycles. The Morgan fingerprint density at radius 1 is 1.26 bits per heavy atom. The van der Waals surface area contributed by atoms with Crippen molar-refractivity contribution in [3.05, 3.63) is 64.7 Å². The first-order valence-corrected chi connectivity index (χ1v) is 10.9. The molecule has 5 nitrogen and oxygen atoms in total. The zero-order valence-corrected chi connectivity index (χ0v) is 17.7. The molecule has 0 fully saturated rings. The molecule has 164 valence electrons. The number of hydrogen-bond donors (Lipinski definition) is 3. The van der Waals surface area contributed by atoms with Gasteiger partial charge in [-0.25, -0.2) is 0 Å². The van der Waals surface area contributed by atoms with Crippen molar-refractivity contribution in [2.24, 2.45) is 10.7 Å². The number of carbonyl (C=O) groups excluding carboxylic acids is 1. The van der Waals surface area contributed by atoms with Gasteiger partial charge in [-0.3, -0.25) is 9.79 Å². The van der Waals surface area contributed by atoms with Gasteiger partial charge in [-0.15, -0.1) is 0 Å². The van der Waals surface area contributed by atoms with Gasteiger partial charge in [0.15, 0.2) is 5.17 Å². The Hall–Kier alpha value is -2.52. The maximum absolute atomic E-state index is 12.7. The second-order valence-corrected chi connectivity index (χ2v) is 9.04. The van der Waals surface area contributed by atoms with Crippen LogP contribution in [-0.4, -0.2) is 30.2 Å². The highest BCUT2D eigenvalue weighted by atomic mass is 32.2. The average Bonchev–Trinajstić information content (AvgIpc) is 3.35. The SMILES string of the molecule is C[C@@H](c1ccc(C(F)(F)F)cc1)[C@H](N)CNC1=NCC(c2ccc3c(c2)CC(=O)N3)S1. The van der Waals surface area contributed by atoms with Gasteiger partial charge in [-0.2, -0.15) is 13.2 Å². The summed E-state index contributed by atoms with van der Waals surface area (Å²) in [5.74, 6) is -0.0969. The van der Waals surface area contributed by atoms with E-state index in [-0.39, 0.29) is 23.1 Å². The standard InChI is InChI=1S/C22H23F3N4OS/c1-12(13-2-5-16(6-3-13)22(23,24)25)17(26)10-27-21-28-11-19(31-21)14-4-7-18-15(8-14)9-20(30)29-18/h2-8,12,17,19H,9-11,26H2,1H3,(H,27,28)(H,29,30)/t12-,17+,19?/m0/s1. The topological polar surface area (TPSA) is 79.5 Å². The van der Waals surface area contributed by atoms with E-state index in [9.17, 15) is 18.0 Å². The van der Waals surface area contributed by atoms with E-state index in [0.29, 0.717) is 19.5 Å². The highest BCUT2D eigenvalue weighted by Gasteiger charge is 2.30. The summed E-state index contributed by atoms with van der Waals surface area (Å²) >= 11 is 1.62. The number of halogens is 3. The van der Waals surface area contributed by atoms with E-state index in [1.54, 1.807) is 11.8 Å². The van der Waals surface area contributed by atoms with E-state index in [2.05, 4.69) is 21.7 Å². The molecule has 2 aliphatic heterocycles. The molecule has 2 aromatic rings. The van der Waals surface area contributed by atoms with Crippen molar-refractivity contribution in [3.8, 4) is 0 Å². The first kappa shape index (κ1) is 21.7. The number of benzene rings is 2. The van der Waals surface area contributed by atoms with Crippen LogP contribution in [0.15, 0.2) is 47.5 Å². The van der Waals surface area contributed by atoms with Gasteiger partial charge >= 0.3 is 6.18 Å². The summed E-state index contributed by atoms with van der Waals surface area (Å²) in [4.78, 5) is 16.1. The van der Waals surface area contributed by atoms with Crippen molar-refractivity contribution in [3.63, 3.8) is 0 Å². The second kappa shape index (κ2) is 8.55. The van der Waals surface area contributed by atoms with E-state index >= 15 is 0 Å². The number of nitrogens with one attached hydrogen (secondary N) is 2. The molecule has 0 bridgehead atoms. The van der Waals surface area contributed by atoms with Gasteiger partial charge in [0, 0.05) is 18.3 Å². The Morgan fingerprint density at radius 3 is 2.71 bits per heavy atom. The van der Waals surface area contributed by atoms with Crippen molar-refractivity contribution in [2.75, 3.05) is 18.4 Å². The third kappa shape index (κ3) is 4.88. The number of nitrogens with two attached hydrogens (primary N) is 1. The molecule has 31 heavy (non-hydrogen) atoms. The van der Waals surface area contributed by atoms with E-state index in [0.717, 1.165) is 39.7 Å². The number of nitrogens with zero attached hydrogens (tertiary/aromatic N) is 1. The molecule has 0 saturated heterocycles. The molecule has 2 aromatic carbocycles. The number of carbonyl (C=O) groups is 1. The summed E-state index contributed by atoms with van der Waals surface area (Å²) in [6.45, 7) is 3.00. The molecule has 3 atom stereocenters. The molecule has 2 heterocycles. The zero-order valence-electron chi connectivity index (χ0n) is 16.9. The quantitative estimate of drug-likeness (QED) is 0.645. The minimum atomic E-state index is -4.34. The van der Waals surface area contributed by atoms with Crippen LogP contribution in [0.4, 0.5) is 18.9 Å². The minimum absolute atomic E-state index is 0.0148. The number of hydrogen-bond acceptors (Lipinski definition) is 5. The second-order valence-electron chi connectivity index (χ2n) is 7.85. The Bertz CT molecular complexity index is 1010. The van der Waals surface area contributed by atoms with Crippen LogP contribution in [0.25, 0.3) is 0 Å². The number of amides is 1. The average molecular weight is 449 g/mol. The Labute approximate surface area is 182 Å². The molecule has 4 rings (SSSR count). The van der Waals surface area contributed by atoms with Gasteiger partial charge < -0.3 is 16.4 Å². The minimum Gasteiger partial charge on any atom is -0.363 e. The number of aliphatic imine (C=N–C) groups is 1. The zero-order chi connectivity index (χ0) is 22.2. The molecule has 4 N–H and O–H groups in total. The van der Waals surface area contributed by atoms with Crippen LogP contribution < -0.4 is 16.4 Å². The lowest BCUT2D eigenvalue weighted by Crippen LogP contribution is -2.39. The summed E-state index contributed by atoms with van der Waals surface area (Å²) in [5.41, 5.74) is 9.40. The number of alkyl halides is 3. The van der Waals surface area contributed by atoms with E-state index in [4.69, 9.17) is 5.73 Å². The third-order valence-electron chi connectivity index (χ3n) is 5.68. The summed E-state index contributed by atoms with van der Waals surface area (Å²) in [5, 5.41) is 7.08. The lowest BCUT2D eigenvalue weighted by molar-refractivity contribution is -0.137. The molecular formula is C22H23F3N4OS. The summed E-state index contributed by atoms with van der Waals surface area (Å²) in [6.07, 6.45) is -3.94. The van der Waals surface area contributed by atoms with Crippen molar-refractivity contribution < 1.29 is 18.0 Å². The van der Waals surface area contributed by atoms with Crippen LogP contribution in [0.3, 0.4) is 0 Å². The monoisotopic (exact) mass is 448 g/mol. The fourth-order valence-corrected chi connectivity index (χ4v) is 4.72. The Kier molecular flexibility index (Phi) is 5.98. The smallest absolute Gasteiger partial charge is 0.363 e. The molecule has 9 heteroatoms. The summed E-state index contributed by atoms with van der Waals surface area (Å²) in [7, 11) is 0. The van der Waals surface area contributed by atoms with Crippen molar-refractivity contribution >= 4 is 28.5 Å². The van der Waals surface area contributed by atoms with E-state index in [1.165, 1.54) is 12.1 Å². The maximum Gasteiger partial charge on any atom is 0.416 e. The van der Waals surface area contributed by atoms with Gasteiger partial charge in [-0.1, -0.05) is 43.0 Å². The molecular weight excluding hydrogens is 425 g/mol. The first-order chi connectivity index (χ1) is 14.7. The third-order valence-corrected chi connectivity index (χ3v) is 6.88. The summed E-state index contributed by atoms with van der Waals surface area (Å²) < 4.78 is 38.2. The first-order valence-electron chi connectivity index (χ1n) is 10.0. The van der Waals surface area contributed by atoms with E-state index < -0.39 is 11.7 Å². The molecule has 1 amide bonds. The normalized spacial score (nSPS) is 20.1. The van der Waals surface area contributed by atoms with Crippen LogP contribution in [0.5, 0.6) is 0 Å². The molecule has 1 unspecified atom stereocenters. The maximum atomic E-state index is 12.7. The lowest BCUT2D eigenvalue weighted by atomic mass is 9.93. The molecule has 0 spiro atoms. The highest BCUT2D eigenvalue weighted by Crippen LogP contribution is 2.37. The molecule has 2 aliphatic rings. The number of anilines is 1. The van der Waals surface area contributed by atoms with Gasteiger partial charge in [0.2, 0.25) is 5.91 Å². The number of fused-ring (bicyclic) bond motifs is 1. The van der Waals surface area contributed by atoms with Gasteiger partial charge in [0.05, 0.1) is 23.8 Å². The predicted octanol–water partition coefficient (Wildman–Crippen LogP) is 4.06. The van der Waals surface area contributed by atoms with Gasteiger partial charge in [0.1, 0.15) is 0 Å². The largest absolute Gasteiger partial charge is 0.416 e. The molecule has 0 saturated carbocycles. The fraction of sp³-hybridized carbons (Fsp3) is 0.364. The Balaban J connectivity index is 1.30. The fourth-order valence-electron chi connectivity index (χ4n) is 3.70. The van der Waals surface area contributed by atoms with Crippen molar-refractivity contribution in [1.29, 1.82) is 0 Å². The molecule has 0 radical (unpaired) electrons. The van der Waals surface area contributed by atoms with Crippen LogP contribution in [0.2, 0.25) is 0 Å². The number of rotatable bonds is 5. The Morgan fingerprint density at radius 2 is 2.00 bits per heavy atom. The van der Waals surface area contributed by atoms with Crippen molar-refractivity contribution in [1.82, 2.24) is 5.32 Å². The predicted molar refractivity (Wildman–Crippen MR) is 117 cm³/mol. The highest BCUT2D eigenvalue weighted by molar-refractivity contribution is 8.14. The number of thioether (sulfide) groups is 1. The van der Waals surface area contributed by atoms with Crippen LogP contribution in [0.1, 0.15) is 40.3 Å². The summed E-state index contributed by atoms with van der Waals surface area (Å²) in [6, 6.07) is 10.9. The van der Waals surface area contributed by atoms with E-state index in [1.807, 2.05) is 19.1 Å². The van der Waals surface area contributed by atoms with Crippen LogP contribution in [0, 0.1) is 0 Å². The van der Waals surface area contributed by atoms with Gasteiger partial charge in [0.25, 0.3) is 0 Å². The number of amidine groups is 1. The van der Waals surface area contributed by atoms with Crippen LogP contribution >= 0.6 is 11.8 Å². The van der Waals surface area contributed by atoms with Crippen molar-refractivity contribution in [2.45, 2.75) is 36.7 Å².